The second-order valence-electron chi connectivity index (χ2n) is 5.55. The summed E-state index contributed by atoms with van der Waals surface area (Å²) in [7, 11) is 0. The summed E-state index contributed by atoms with van der Waals surface area (Å²) in [5.41, 5.74) is 1.60. The Morgan fingerprint density at radius 3 is 2.91 bits per heavy atom. The summed E-state index contributed by atoms with van der Waals surface area (Å²) >= 11 is 1.76. The molecule has 0 saturated carbocycles. The van der Waals surface area contributed by atoms with Crippen molar-refractivity contribution in [2.45, 2.75) is 58.9 Å². The van der Waals surface area contributed by atoms with E-state index in [2.05, 4.69) is 40.5 Å². The molecule has 0 saturated heterocycles. The Kier molecular flexibility index (Phi) is 7.43. The molecule has 0 atom stereocenters. The lowest BCUT2D eigenvalue weighted by atomic mass is 9.97. The summed E-state index contributed by atoms with van der Waals surface area (Å²) in [5.74, 6) is 0.896. The topological polar surface area (TPSA) is 49.3 Å². The van der Waals surface area contributed by atoms with Gasteiger partial charge < -0.3 is 10.6 Å². The van der Waals surface area contributed by atoms with Crippen LogP contribution < -0.4 is 10.6 Å². The maximum Gasteiger partial charge on any atom is 0.191 e. The van der Waals surface area contributed by atoms with Gasteiger partial charge in [-0.15, -0.1) is 11.3 Å². The zero-order valence-electron chi connectivity index (χ0n) is 13.8. The first-order chi connectivity index (χ1) is 10.8. The minimum absolute atomic E-state index is 0.655. The molecule has 1 aliphatic rings. The van der Waals surface area contributed by atoms with Crippen molar-refractivity contribution in [1.29, 1.82) is 0 Å². The van der Waals surface area contributed by atoms with Gasteiger partial charge >= 0.3 is 0 Å². The highest BCUT2D eigenvalue weighted by Crippen LogP contribution is 2.19. The Bertz CT molecular complexity index is 505. The number of nitrogens with one attached hydrogen (secondary N) is 2. The van der Waals surface area contributed by atoms with Crippen molar-refractivity contribution in [2.75, 3.05) is 13.1 Å². The fraction of sp³-hybridized carbons (Fsp3) is 0.647. The lowest BCUT2D eigenvalue weighted by Gasteiger charge is -2.14. The van der Waals surface area contributed by atoms with Crippen LogP contribution in [0.25, 0.3) is 0 Å². The highest BCUT2D eigenvalue weighted by Gasteiger charge is 2.05. The van der Waals surface area contributed by atoms with Crippen LogP contribution in [0, 0.1) is 0 Å². The van der Waals surface area contributed by atoms with Gasteiger partial charge in [0.25, 0.3) is 0 Å². The molecule has 5 heteroatoms. The van der Waals surface area contributed by atoms with Crippen molar-refractivity contribution in [3.63, 3.8) is 0 Å². The summed E-state index contributed by atoms with van der Waals surface area (Å²) < 4.78 is 0. The number of aliphatic imine (C=N–C) groups is 1. The number of hydrogen-bond acceptors (Lipinski definition) is 3. The third-order valence-electron chi connectivity index (χ3n) is 3.79. The molecule has 122 valence electrons. The van der Waals surface area contributed by atoms with Gasteiger partial charge in [0, 0.05) is 24.2 Å². The minimum Gasteiger partial charge on any atom is -0.357 e. The number of rotatable bonds is 7. The van der Waals surface area contributed by atoms with Crippen molar-refractivity contribution >= 4 is 17.3 Å². The Morgan fingerprint density at radius 2 is 2.23 bits per heavy atom. The molecule has 0 fully saturated rings. The minimum atomic E-state index is 0.655. The SMILES string of the molecule is CCNC(=NCc1ncc(CC)s1)NCCC1=CCCCC1. The van der Waals surface area contributed by atoms with E-state index in [1.165, 1.54) is 30.6 Å². The van der Waals surface area contributed by atoms with Crippen LogP contribution >= 0.6 is 11.3 Å². The number of nitrogens with zero attached hydrogens (tertiary/aromatic N) is 2. The zero-order chi connectivity index (χ0) is 15.6. The standard InChI is InChI=1S/C17H28N4S/c1-3-15-12-20-16(22-15)13-21-17(18-4-2)19-11-10-14-8-6-5-7-9-14/h8,12H,3-7,9-11,13H2,1-2H3,(H2,18,19,21). The van der Waals surface area contributed by atoms with E-state index in [1.807, 2.05) is 6.20 Å². The molecule has 22 heavy (non-hydrogen) atoms. The van der Waals surface area contributed by atoms with Crippen LogP contribution in [0.3, 0.4) is 0 Å². The van der Waals surface area contributed by atoms with Gasteiger partial charge in [-0.2, -0.15) is 0 Å². The summed E-state index contributed by atoms with van der Waals surface area (Å²) in [6.45, 7) is 6.75. The Hall–Kier alpha value is -1.36. The molecule has 0 amide bonds. The van der Waals surface area contributed by atoms with Crippen molar-refractivity contribution in [2.24, 2.45) is 4.99 Å². The van der Waals surface area contributed by atoms with E-state index < -0.39 is 0 Å². The van der Waals surface area contributed by atoms with Gasteiger partial charge in [0.05, 0.1) is 6.54 Å². The van der Waals surface area contributed by atoms with Crippen LogP contribution in [-0.4, -0.2) is 24.0 Å². The lowest BCUT2D eigenvalue weighted by Crippen LogP contribution is -2.37. The summed E-state index contributed by atoms with van der Waals surface area (Å²) in [6, 6.07) is 0. The monoisotopic (exact) mass is 320 g/mol. The van der Waals surface area contributed by atoms with E-state index in [-0.39, 0.29) is 0 Å². The van der Waals surface area contributed by atoms with Crippen LogP contribution in [0.4, 0.5) is 0 Å². The van der Waals surface area contributed by atoms with E-state index in [0.29, 0.717) is 6.54 Å². The molecule has 0 unspecified atom stereocenters. The number of thiazole rings is 1. The van der Waals surface area contributed by atoms with E-state index >= 15 is 0 Å². The number of guanidine groups is 1. The summed E-state index contributed by atoms with van der Waals surface area (Å²) in [4.78, 5) is 10.4. The fourth-order valence-corrected chi connectivity index (χ4v) is 3.33. The van der Waals surface area contributed by atoms with Gasteiger partial charge in [0.15, 0.2) is 5.96 Å². The Balaban J connectivity index is 1.80. The highest BCUT2D eigenvalue weighted by molar-refractivity contribution is 7.11. The van der Waals surface area contributed by atoms with E-state index in [4.69, 9.17) is 0 Å². The summed E-state index contributed by atoms with van der Waals surface area (Å²) in [6.07, 6.45) is 11.8. The van der Waals surface area contributed by atoms with Gasteiger partial charge in [-0.05, 0) is 45.4 Å². The normalized spacial score (nSPS) is 15.5. The van der Waals surface area contributed by atoms with Crippen LogP contribution in [-0.2, 0) is 13.0 Å². The van der Waals surface area contributed by atoms with E-state index in [0.717, 1.165) is 36.9 Å². The van der Waals surface area contributed by atoms with Crippen LogP contribution in [0.15, 0.2) is 22.8 Å². The molecule has 0 spiro atoms. The maximum absolute atomic E-state index is 4.64. The largest absolute Gasteiger partial charge is 0.357 e. The third kappa shape index (κ3) is 5.79. The van der Waals surface area contributed by atoms with Crippen molar-refractivity contribution in [3.05, 3.63) is 27.7 Å². The van der Waals surface area contributed by atoms with Gasteiger partial charge in [-0.25, -0.2) is 9.98 Å². The van der Waals surface area contributed by atoms with Gasteiger partial charge in [-0.1, -0.05) is 18.6 Å². The van der Waals surface area contributed by atoms with E-state index in [1.54, 1.807) is 16.9 Å². The maximum atomic E-state index is 4.64. The van der Waals surface area contributed by atoms with Crippen molar-refractivity contribution in [3.8, 4) is 0 Å². The Morgan fingerprint density at radius 1 is 1.32 bits per heavy atom. The molecule has 2 rings (SSSR count). The third-order valence-corrected chi connectivity index (χ3v) is 4.92. The average molecular weight is 321 g/mol. The van der Waals surface area contributed by atoms with Gasteiger partial charge in [-0.3, -0.25) is 0 Å². The smallest absolute Gasteiger partial charge is 0.191 e. The quantitative estimate of drug-likeness (QED) is 0.458. The first-order valence-corrected chi connectivity index (χ1v) is 9.27. The number of hydrogen-bond donors (Lipinski definition) is 2. The zero-order valence-corrected chi connectivity index (χ0v) is 14.6. The molecule has 1 aromatic rings. The molecule has 0 aromatic carbocycles. The molecule has 2 N–H and O–H groups in total. The highest BCUT2D eigenvalue weighted by atomic mass is 32.1. The molecule has 0 radical (unpaired) electrons. The first-order valence-electron chi connectivity index (χ1n) is 8.45. The molecule has 0 bridgehead atoms. The second-order valence-corrected chi connectivity index (χ2v) is 6.75. The molecule has 1 heterocycles. The van der Waals surface area contributed by atoms with Gasteiger partial charge in [0.1, 0.15) is 5.01 Å². The molecular weight excluding hydrogens is 292 g/mol. The van der Waals surface area contributed by atoms with Crippen molar-refractivity contribution < 1.29 is 0 Å². The number of aromatic nitrogens is 1. The predicted octanol–water partition coefficient (Wildman–Crippen LogP) is 3.65. The average Bonchev–Trinajstić information content (AvgIpc) is 3.02. The molecule has 4 nitrogen and oxygen atoms in total. The van der Waals surface area contributed by atoms with Crippen LogP contribution in [0.1, 0.15) is 55.8 Å². The van der Waals surface area contributed by atoms with Crippen LogP contribution in [0.2, 0.25) is 0 Å². The molecule has 0 aliphatic heterocycles. The van der Waals surface area contributed by atoms with Crippen molar-refractivity contribution in [1.82, 2.24) is 15.6 Å². The van der Waals surface area contributed by atoms with Gasteiger partial charge in [0.2, 0.25) is 0 Å². The van der Waals surface area contributed by atoms with Crippen LogP contribution in [0.5, 0.6) is 0 Å². The lowest BCUT2D eigenvalue weighted by molar-refractivity contribution is 0.665. The van der Waals surface area contributed by atoms with E-state index in [9.17, 15) is 0 Å². The molecule has 1 aromatic heterocycles. The fourth-order valence-electron chi connectivity index (χ4n) is 2.55. The Labute approximate surface area is 138 Å². The molecule has 1 aliphatic carbocycles. The summed E-state index contributed by atoms with van der Waals surface area (Å²) in [5, 5.41) is 7.83. The first kappa shape index (κ1) is 17.0. The number of aryl methyl sites for hydroxylation is 1. The molecular formula is C17H28N4S. The number of allylic oxidation sites excluding steroid dienone is 1. The predicted molar refractivity (Wildman–Crippen MR) is 95.5 cm³/mol. The second kappa shape index (κ2) is 9.62.